The van der Waals surface area contributed by atoms with E-state index in [1.165, 1.54) is 6.07 Å². The highest BCUT2D eigenvalue weighted by Crippen LogP contribution is 2.31. The molecule has 2 aromatic carbocycles. The van der Waals surface area contributed by atoms with E-state index in [9.17, 15) is 14.0 Å². The van der Waals surface area contributed by atoms with Crippen LogP contribution in [0.5, 0.6) is 0 Å². The maximum atomic E-state index is 14.9. The number of aromatic nitrogens is 3. The number of aryl methyl sites for hydroxylation is 2. The van der Waals surface area contributed by atoms with Gasteiger partial charge in [-0.2, -0.15) is 5.10 Å². The van der Waals surface area contributed by atoms with Crippen LogP contribution in [-0.2, 0) is 51.7 Å². The Labute approximate surface area is 299 Å². The molecule has 0 atom stereocenters. The van der Waals surface area contributed by atoms with Crippen molar-refractivity contribution < 1.29 is 23.5 Å². The Morgan fingerprint density at radius 3 is 2.41 bits per heavy atom. The summed E-state index contributed by atoms with van der Waals surface area (Å²) in [5, 5.41) is 15.3. The van der Waals surface area contributed by atoms with Crippen LogP contribution < -0.4 is 16.0 Å². The van der Waals surface area contributed by atoms with Crippen molar-refractivity contribution in [1.82, 2.24) is 30.3 Å². The van der Waals surface area contributed by atoms with Gasteiger partial charge >= 0.3 is 0 Å². The maximum Gasteiger partial charge on any atom is 0.220 e. The number of carbonyl (C=O) groups is 2. The van der Waals surface area contributed by atoms with E-state index in [2.05, 4.69) is 38.9 Å². The Balaban J connectivity index is 1.01. The van der Waals surface area contributed by atoms with Crippen molar-refractivity contribution in [2.75, 3.05) is 44.8 Å². The molecule has 2 aromatic heterocycles. The third-order valence-electron chi connectivity index (χ3n) is 9.71. The minimum Gasteiger partial charge on any atom is -0.381 e. The zero-order chi connectivity index (χ0) is 35.6. The minimum absolute atomic E-state index is 0.120. The van der Waals surface area contributed by atoms with Crippen LogP contribution in [0.2, 0.25) is 0 Å². The molecular weight excluding hydrogens is 649 g/mol. The van der Waals surface area contributed by atoms with Gasteiger partial charge in [-0.1, -0.05) is 31.2 Å². The molecule has 4 heterocycles. The first-order valence-corrected chi connectivity index (χ1v) is 18.3. The first-order valence-electron chi connectivity index (χ1n) is 18.3. The predicted molar refractivity (Wildman–Crippen MR) is 196 cm³/mol. The standard InChI is InChI=1S/C39H50FN7O4/c1-3-35-32(38(44-30-13-17-50-18-14-30)33-25-43-47(4-2)39(33)45-35)24-42-37(49)10-6-9-36(48)41-23-27-11-12-34(40)31(22-27)29-8-5-7-28(21-29)26-46-15-19-51-20-16-46/h5,7-8,11-12,21-22,25,30H,3-4,6,9-10,13-20,23-24,26H2,1-2H3,(H,41,48)(H,42,49)(H,44,45). The molecule has 12 heteroatoms. The van der Waals surface area contributed by atoms with E-state index in [0.29, 0.717) is 18.5 Å². The Kier molecular flexibility index (Phi) is 12.6. The summed E-state index contributed by atoms with van der Waals surface area (Å²) in [5.74, 6) is -0.575. The number of pyridine rings is 1. The second-order valence-electron chi connectivity index (χ2n) is 13.3. The average molecular weight is 700 g/mol. The largest absolute Gasteiger partial charge is 0.381 e. The Bertz CT molecular complexity index is 1800. The normalized spacial score (nSPS) is 15.6. The number of nitrogens with one attached hydrogen (secondary N) is 3. The summed E-state index contributed by atoms with van der Waals surface area (Å²) in [6.07, 6.45) is 5.25. The van der Waals surface area contributed by atoms with Crippen molar-refractivity contribution in [1.29, 1.82) is 0 Å². The van der Waals surface area contributed by atoms with Crippen LogP contribution in [0.4, 0.5) is 10.1 Å². The van der Waals surface area contributed by atoms with E-state index >= 15 is 0 Å². The lowest BCUT2D eigenvalue weighted by atomic mass is 10.00. The molecule has 0 saturated carbocycles. The van der Waals surface area contributed by atoms with Crippen LogP contribution in [0.1, 0.15) is 68.3 Å². The highest BCUT2D eigenvalue weighted by Gasteiger charge is 2.22. The summed E-state index contributed by atoms with van der Waals surface area (Å²) < 4.78 is 27.9. The molecule has 2 amide bonds. The van der Waals surface area contributed by atoms with Gasteiger partial charge in [0.2, 0.25) is 11.8 Å². The van der Waals surface area contributed by atoms with Gasteiger partial charge in [0.05, 0.1) is 30.5 Å². The second-order valence-corrected chi connectivity index (χ2v) is 13.3. The van der Waals surface area contributed by atoms with Gasteiger partial charge in [0.15, 0.2) is 5.65 Å². The average Bonchev–Trinajstić information content (AvgIpc) is 3.57. The van der Waals surface area contributed by atoms with Crippen LogP contribution >= 0.6 is 0 Å². The second kappa shape index (κ2) is 17.7. The first-order chi connectivity index (χ1) is 24.9. The lowest BCUT2D eigenvalue weighted by Crippen LogP contribution is -2.35. The summed E-state index contributed by atoms with van der Waals surface area (Å²) in [6.45, 7) is 10.9. The maximum absolute atomic E-state index is 14.9. The monoisotopic (exact) mass is 699 g/mol. The van der Waals surface area contributed by atoms with Crippen LogP contribution in [0.25, 0.3) is 22.2 Å². The fraction of sp³-hybridized carbons (Fsp3) is 0.487. The van der Waals surface area contributed by atoms with Crippen LogP contribution in [0, 0.1) is 5.82 Å². The molecule has 3 N–H and O–H groups in total. The van der Waals surface area contributed by atoms with Crippen LogP contribution in [0.15, 0.2) is 48.7 Å². The summed E-state index contributed by atoms with van der Waals surface area (Å²) in [5.41, 5.74) is 6.97. The van der Waals surface area contributed by atoms with E-state index in [0.717, 1.165) is 117 Å². The summed E-state index contributed by atoms with van der Waals surface area (Å²) in [4.78, 5) is 33.0. The lowest BCUT2D eigenvalue weighted by molar-refractivity contribution is -0.122. The molecular formula is C39H50FN7O4. The highest BCUT2D eigenvalue weighted by atomic mass is 19.1. The van der Waals surface area contributed by atoms with E-state index in [1.807, 2.05) is 36.0 Å². The number of halogens is 1. The highest BCUT2D eigenvalue weighted by molar-refractivity contribution is 5.92. The zero-order valence-corrected chi connectivity index (χ0v) is 29.8. The third-order valence-corrected chi connectivity index (χ3v) is 9.71. The number of rotatable bonds is 15. The van der Waals surface area contributed by atoms with Crippen molar-refractivity contribution in [2.45, 2.75) is 84.6 Å². The molecule has 0 aliphatic carbocycles. The Hall–Kier alpha value is -4.39. The molecule has 0 radical (unpaired) electrons. The molecule has 51 heavy (non-hydrogen) atoms. The fourth-order valence-corrected chi connectivity index (χ4v) is 6.83. The Morgan fingerprint density at radius 1 is 0.922 bits per heavy atom. The Morgan fingerprint density at radius 2 is 1.67 bits per heavy atom. The number of benzene rings is 2. The first kappa shape index (κ1) is 36.4. The van der Waals surface area contributed by atoms with Crippen molar-refractivity contribution >= 4 is 28.5 Å². The van der Waals surface area contributed by atoms with E-state index in [1.54, 1.807) is 12.1 Å². The number of anilines is 1. The topological polar surface area (TPSA) is 123 Å². The predicted octanol–water partition coefficient (Wildman–Crippen LogP) is 5.35. The van der Waals surface area contributed by atoms with Crippen LogP contribution in [0.3, 0.4) is 0 Å². The molecule has 2 fully saturated rings. The van der Waals surface area contributed by atoms with E-state index in [4.69, 9.17) is 14.5 Å². The quantitative estimate of drug-likeness (QED) is 0.152. The van der Waals surface area contributed by atoms with Gasteiger partial charge in [0.25, 0.3) is 0 Å². The summed E-state index contributed by atoms with van der Waals surface area (Å²) in [7, 11) is 0. The van der Waals surface area contributed by atoms with Crippen molar-refractivity contribution in [3.8, 4) is 11.1 Å². The van der Waals surface area contributed by atoms with Crippen LogP contribution in [-0.4, -0.2) is 77.0 Å². The minimum atomic E-state index is -0.302. The number of carbonyl (C=O) groups excluding carboxylic acids is 2. The van der Waals surface area contributed by atoms with E-state index in [-0.39, 0.29) is 43.1 Å². The third kappa shape index (κ3) is 9.49. The number of ether oxygens (including phenoxy) is 2. The van der Waals surface area contributed by atoms with Gasteiger partial charge in [0.1, 0.15) is 5.82 Å². The molecule has 0 bridgehead atoms. The van der Waals surface area contributed by atoms with Gasteiger partial charge < -0.3 is 25.4 Å². The number of amides is 2. The number of hydrogen-bond donors (Lipinski definition) is 3. The molecule has 11 nitrogen and oxygen atoms in total. The van der Waals surface area contributed by atoms with Gasteiger partial charge in [-0.25, -0.2) is 14.1 Å². The zero-order valence-electron chi connectivity index (χ0n) is 29.8. The number of nitrogens with zero attached hydrogens (tertiary/aromatic N) is 4. The van der Waals surface area contributed by atoms with Gasteiger partial charge in [0, 0.05) is 88.2 Å². The molecule has 2 aliphatic rings. The van der Waals surface area contributed by atoms with Gasteiger partial charge in [-0.3, -0.25) is 14.5 Å². The van der Waals surface area contributed by atoms with Crippen molar-refractivity contribution in [2.24, 2.45) is 0 Å². The number of hydrogen-bond acceptors (Lipinski definition) is 8. The van der Waals surface area contributed by atoms with E-state index < -0.39 is 0 Å². The number of fused-ring (bicyclic) bond motifs is 1. The molecule has 2 aliphatic heterocycles. The SMILES string of the molecule is CCc1nc2c(cnn2CC)c(NC2CCOCC2)c1CNC(=O)CCCC(=O)NCc1ccc(F)c(-c2cccc(CN3CCOCC3)c2)c1. The fourth-order valence-electron chi connectivity index (χ4n) is 6.83. The molecule has 0 unspecified atom stereocenters. The molecule has 6 rings (SSSR count). The number of morpholine rings is 1. The summed E-state index contributed by atoms with van der Waals surface area (Å²) >= 11 is 0. The van der Waals surface area contributed by atoms with Crippen molar-refractivity contribution in [3.63, 3.8) is 0 Å². The van der Waals surface area contributed by atoms with Gasteiger partial charge in [-0.15, -0.1) is 0 Å². The summed E-state index contributed by atoms with van der Waals surface area (Å²) in [6, 6.07) is 13.2. The van der Waals surface area contributed by atoms with Gasteiger partial charge in [-0.05, 0) is 67.5 Å². The molecule has 0 spiro atoms. The smallest absolute Gasteiger partial charge is 0.220 e. The van der Waals surface area contributed by atoms with Crippen molar-refractivity contribution in [3.05, 3.63) is 76.9 Å². The molecule has 4 aromatic rings. The molecule has 272 valence electrons. The lowest BCUT2D eigenvalue weighted by Gasteiger charge is -2.26. The molecule has 2 saturated heterocycles.